The molecular weight excluding hydrogens is 530 g/mol. The van der Waals surface area contributed by atoms with Crippen LogP contribution in [0.2, 0.25) is 0 Å². The third-order valence-corrected chi connectivity index (χ3v) is 7.04. The van der Waals surface area contributed by atoms with Gasteiger partial charge in [-0.2, -0.15) is 0 Å². The highest BCUT2D eigenvalue weighted by atomic mass is 36.0. The van der Waals surface area contributed by atoms with Gasteiger partial charge in [0.1, 0.15) is 11.5 Å². The normalized spacial score (nSPS) is 17.7. The Labute approximate surface area is 220 Å². The minimum atomic E-state index is -3.22. The van der Waals surface area contributed by atoms with Crippen molar-refractivity contribution in [3.63, 3.8) is 0 Å². The molecule has 0 saturated heterocycles. The van der Waals surface area contributed by atoms with Gasteiger partial charge in [-0.1, -0.05) is 6.07 Å². The van der Waals surface area contributed by atoms with Gasteiger partial charge in [-0.25, -0.2) is 0 Å². The Morgan fingerprint density at radius 3 is 1.83 bits per heavy atom. The Morgan fingerprint density at radius 1 is 0.771 bits per heavy atom. The van der Waals surface area contributed by atoms with E-state index in [0.29, 0.717) is 11.3 Å². The van der Waals surface area contributed by atoms with Crippen LogP contribution < -0.4 is 9.80 Å². The molecule has 190 valence electrons. The molecule has 2 N–H and O–H groups in total. The van der Waals surface area contributed by atoms with Crippen molar-refractivity contribution >= 4 is 56.6 Å². The number of nitrogens with zero attached hydrogens (tertiary/aromatic N) is 2. The molecule has 0 unspecified atom stereocenters. The van der Waals surface area contributed by atoms with Crippen molar-refractivity contribution in [1.82, 2.24) is 0 Å². The van der Waals surface area contributed by atoms with Crippen molar-refractivity contribution in [2.45, 2.75) is 51.4 Å². The van der Waals surface area contributed by atoms with E-state index in [1.165, 1.54) is 60.4 Å². The summed E-state index contributed by atoms with van der Waals surface area (Å²) in [6.45, 7) is 4.51. The minimum Gasteiger partial charge on any atom is -0.508 e. The van der Waals surface area contributed by atoms with E-state index in [1.807, 2.05) is 12.1 Å². The van der Waals surface area contributed by atoms with Gasteiger partial charge >= 0.3 is 5.20 Å². The summed E-state index contributed by atoms with van der Waals surface area (Å²) >= 11 is 13.8. The molecule has 6 rings (SSSR count). The van der Waals surface area contributed by atoms with E-state index in [4.69, 9.17) is 0 Å². The van der Waals surface area contributed by atoms with Gasteiger partial charge in [0, 0.05) is 48.7 Å². The molecule has 10 heteroatoms. The molecule has 0 radical (unpaired) electrons. The lowest BCUT2D eigenvalue weighted by atomic mass is 9.89. The van der Waals surface area contributed by atoms with Crippen molar-refractivity contribution in [3.8, 4) is 11.5 Å². The van der Waals surface area contributed by atoms with Gasteiger partial charge in [0.2, 0.25) is 0 Å². The van der Waals surface area contributed by atoms with Crippen LogP contribution in [0.3, 0.4) is 0 Å². The number of phenols is 2. The van der Waals surface area contributed by atoms with Crippen molar-refractivity contribution in [1.29, 1.82) is 0 Å². The van der Waals surface area contributed by atoms with Gasteiger partial charge in [-0.05, 0) is 108 Å². The Hall–Kier alpha value is -1.59. The lowest BCUT2D eigenvalue weighted by molar-refractivity contribution is 0.112. The standard InChI is InChI=1S/C13H15NO2.C12H15NO.Cl3OP/c15-8-10-7-9-3-1-5-14-6-2-4-11(12(9)14)13(10)16;14-11-6-5-9-3-1-7-13-8-2-4-10(11)12(9)13;1-5(2,3)4/h7-8,16H,1-6H2;5-6,14H,1-4,7-8H2;. The van der Waals surface area contributed by atoms with Crippen LogP contribution in [-0.4, -0.2) is 42.7 Å². The summed E-state index contributed by atoms with van der Waals surface area (Å²) in [4.78, 5) is 15.7. The summed E-state index contributed by atoms with van der Waals surface area (Å²) < 4.78 is 9.51. The van der Waals surface area contributed by atoms with Gasteiger partial charge in [0.05, 0.1) is 5.56 Å². The topological polar surface area (TPSA) is 81.1 Å². The minimum absolute atomic E-state index is 0.209. The molecule has 0 aromatic heterocycles. The summed E-state index contributed by atoms with van der Waals surface area (Å²) in [5.74, 6) is 0.704. The van der Waals surface area contributed by atoms with Crippen molar-refractivity contribution in [3.05, 3.63) is 46.0 Å². The lowest BCUT2D eigenvalue weighted by Gasteiger charge is -2.37. The number of carbonyl (C=O) groups is 1. The number of hydrogen-bond acceptors (Lipinski definition) is 6. The molecular formula is C25H30Cl3N2O4P. The van der Waals surface area contributed by atoms with Crippen LogP contribution in [0.15, 0.2) is 18.2 Å². The molecule has 35 heavy (non-hydrogen) atoms. The van der Waals surface area contributed by atoms with Crippen LogP contribution in [0, 0.1) is 0 Å². The molecule has 2 aromatic carbocycles. The maximum atomic E-state index is 10.9. The first kappa shape index (κ1) is 26.5. The highest BCUT2D eigenvalue weighted by molar-refractivity contribution is 8.24. The number of carbonyl (C=O) groups excluding carboxylic acids is 1. The van der Waals surface area contributed by atoms with Gasteiger partial charge in [0.25, 0.3) is 0 Å². The number of aldehydes is 1. The molecule has 2 aromatic rings. The number of halogens is 3. The summed E-state index contributed by atoms with van der Waals surface area (Å²) in [5, 5.41) is 16.6. The van der Waals surface area contributed by atoms with Crippen LogP contribution in [0.25, 0.3) is 0 Å². The molecule has 0 spiro atoms. The fraction of sp³-hybridized carbons (Fsp3) is 0.480. The van der Waals surface area contributed by atoms with Gasteiger partial charge in [0.15, 0.2) is 6.29 Å². The average Bonchev–Trinajstić information content (AvgIpc) is 2.83. The molecule has 0 atom stereocenters. The monoisotopic (exact) mass is 558 g/mol. The number of aromatic hydroxyl groups is 2. The quantitative estimate of drug-likeness (QED) is 0.295. The molecule has 0 bridgehead atoms. The molecule has 0 amide bonds. The van der Waals surface area contributed by atoms with E-state index >= 15 is 0 Å². The van der Waals surface area contributed by atoms with E-state index in [-0.39, 0.29) is 5.75 Å². The summed E-state index contributed by atoms with van der Waals surface area (Å²) in [7, 11) is 0. The summed E-state index contributed by atoms with van der Waals surface area (Å²) in [5.41, 5.74) is 7.87. The second-order valence-corrected chi connectivity index (χ2v) is 15.9. The highest BCUT2D eigenvalue weighted by Crippen LogP contribution is 2.61. The number of anilines is 2. The summed E-state index contributed by atoms with van der Waals surface area (Å²) in [6.07, 6.45) is 9.58. The van der Waals surface area contributed by atoms with E-state index in [1.54, 1.807) is 0 Å². The largest absolute Gasteiger partial charge is 0.508 e. The smallest absolute Gasteiger partial charge is 0.339 e. The fourth-order valence-electron chi connectivity index (χ4n) is 5.72. The van der Waals surface area contributed by atoms with E-state index in [9.17, 15) is 19.6 Å². The number of hydrogen-bond donors (Lipinski definition) is 2. The maximum absolute atomic E-state index is 10.9. The van der Waals surface area contributed by atoms with Crippen LogP contribution >= 0.6 is 38.9 Å². The second kappa shape index (κ2) is 11.2. The first-order valence-electron chi connectivity index (χ1n) is 12.0. The zero-order valence-electron chi connectivity index (χ0n) is 19.5. The predicted octanol–water partition coefficient (Wildman–Crippen LogP) is 6.81. The molecule has 4 aliphatic heterocycles. The fourth-order valence-corrected chi connectivity index (χ4v) is 5.72. The first-order valence-corrected chi connectivity index (χ1v) is 16.4. The van der Waals surface area contributed by atoms with E-state index in [0.717, 1.165) is 57.0 Å². The van der Waals surface area contributed by atoms with E-state index in [2.05, 4.69) is 49.6 Å². The number of phenolic OH excluding ortho intramolecular Hbond substituents is 2. The highest BCUT2D eigenvalue weighted by Gasteiger charge is 2.27. The van der Waals surface area contributed by atoms with Crippen molar-refractivity contribution in [2.75, 3.05) is 36.0 Å². The van der Waals surface area contributed by atoms with Gasteiger partial charge < -0.3 is 20.0 Å². The second-order valence-electron chi connectivity index (χ2n) is 9.28. The Morgan fingerprint density at radius 2 is 1.26 bits per heavy atom. The third kappa shape index (κ3) is 6.22. The zero-order valence-corrected chi connectivity index (χ0v) is 22.6. The maximum Gasteiger partial charge on any atom is 0.339 e. The lowest BCUT2D eigenvalue weighted by Crippen LogP contribution is -2.34. The van der Waals surface area contributed by atoms with Crippen LogP contribution in [0.5, 0.6) is 11.5 Å². The summed E-state index contributed by atoms with van der Waals surface area (Å²) in [6, 6.07) is 5.81. The number of benzene rings is 2. The number of aryl methyl sites for hydroxylation is 2. The van der Waals surface area contributed by atoms with Gasteiger partial charge in [-0.3, -0.25) is 9.36 Å². The molecule has 4 aliphatic rings. The molecule has 0 saturated carbocycles. The molecule has 0 aliphatic carbocycles. The van der Waals surface area contributed by atoms with Crippen LogP contribution in [0.4, 0.5) is 11.4 Å². The Kier molecular flexibility index (Phi) is 8.48. The van der Waals surface area contributed by atoms with E-state index < -0.39 is 5.20 Å². The van der Waals surface area contributed by atoms with Crippen molar-refractivity contribution in [2.24, 2.45) is 0 Å². The molecule has 0 fully saturated rings. The Bertz CT molecular complexity index is 1140. The third-order valence-electron chi connectivity index (χ3n) is 7.04. The zero-order chi connectivity index (χ0) is 25.2. The predicted molar refractivity (Wildman–Crippen MR) is 144 cm³/mol. The van der Waals surface area contributed by atoms with Gasteiger partial charge in [-0.15, -0.1) is 0 Å². The molecule has 6 nitrogen and oxygen atoms in total. The first-order chi connectivity index (χ1) is 16.7. The Balaban J connectivity index is 0.000000140. The molecule has 4 heterocycles. The SMILES string of the molecule is O=Cc1cc2c3c(c1O)CCCN3CCC2.O=P(Cl)(Cl)Cl.Oc1ccc2c3c1CCCN3CCC2. The average molecular weight is 560 g/mol. The van der Waals surface area contributed by atoms with Crippen LogP contribution in [-0.2, 0) is 30.2 Å². The van der Waals surface area contributed by atoms with Crippen LogP contribution in [0.1, 0.15) is 58.3 Å². The van der Waals surface area contributed by atoms with Crippen molar-refractivity contribution < 1.29 is 19.6 Å². The number of rotatable bonds is 1.